The molecule has 0 aromatic heterocycles. The highest BCUT2D eigenvalue weighted by molar-refractivity contribution is 6.60. The largest absolute Gasteiger partial charge is 0.501 e. The fraction of sp³-hybridized carbons (Fsp3) is 0.471. The maximum absolute atomic E-state index is 6.12. The molecule has 2 fully saturated rings. The third-order valence-electron chi connectivity index (χ3n) is 7.31. The van der Waals surface area contributed by atoms with Gasteiger partial charge in [-0.25, -0.2) is 0 Å². The topological polar surface area (TPSA) is 80.4 Å². The number of epoxide rings is 2. The van der Waals surface area contributed by atoms with E-state index in [-0.39, 0.29) is 18.1 Å². The Hall–Kier alpha value is -2.92. The van der Waals surface area contributed by atoms with Crippen LogP contribution in [0.5, 0.6) is 17.2 Å². The molecule has 9 heteroatoms. The van der Waals surface area contributed by atoms with E-state index in [2.05, 4.69) is 36.4 Å². The number of hydrogen-bond donors (Lipinski definition) is 0. The molecule has 0 amide bonds. The number of benzene rings is 3. The van der Waals surface area contributed by atoms with Crippen LogP contribution in [0.1, 0.15) is 49.8 Å². The summed E-state index contributed by atoms with van der Waals surface area (Å²) in [5, 5.41) is 0. The van der Waals surface area contributed by atoms with Crippen LogP contribution in [0.4, 0.5) is 0 Å². The van der Waals surface area contributed by atoms with Gasteiger partial charge >= 0.3 is 8.80 Å². The summed E-state index contributed by atoms with van der Waals surface area (Å²) in [6, 6.07) is 25.8. The van der Waals surface area contributed by atoms with Crippen LogP contribution in [0.2, 0.25) is 6.04 Å². The highest BCUT2D eigenvalue weighted by Crippen LogP contribution is 2.35. The quantitative estimate of drug-likeness (QED) is 0.0646. The lowest BCUT2D eigenvalue weighted by atomic mass is 9.85. The molecular formula is C34H44O8Si. The zero-order valence-corrected chi connectivity index (χ0v) is 26.5. The average molecular weight is 609 g/mol. The first-order chi connectivity index (χ1) is 21.1. The van der Waals surface area contributed by atoms with Crippen molar-refractivity contribution < 1.29 is 37.0 Å². The van der Waals surface area contributed by atoms with Gasteiger partial charge in [-0.3, -0.25) is 0 Å². The first-order valence-electron chi connectivity index (χ1n) is 15.4. The molecule has 2 atom stereocenters. The normalized spacial score (nSPS) is 18.2. The molecule has 0 N–H and O–H groups in total. The monoisotopic (exact) mass is 608 g/mol. The SMILES string of the molecule is CCO[Si](CCCOc1ccc(C(c2ccc(OCC3CO3)cc2)c2ccc(OCC3CO3)cc2)cc1)(OCC)OCC. The molecule has 0 spiro atoms. The third kappa shape index (κ3) is 9.53. The van der Waals surface area contributed by atoms with Crippen LogP contribution in [-0.2, 0) is 22.8 Å². The van der Waals surface area contributed by atoms with Crippen molar-refractivity contribution in [2.45, 2.75) is 51.4 Å². The van der Waals surface area contributed by atoms with Crippen molar-refractivity contribution in [3.05, 3.63) is 89.5 Å². The Balaban J connectivity index is 1.25. The minimum atomic E-state index is -2.67. The van der Waals surface area contributed by atoms with Gasteiger partial charge in [0.1, 0.15) is 42.7 Å². The van der Waals surface area contributed by atoms with E-state index in [4.69, 9.17) is 37.0 Å². The molecule has 0 bridgehead atoms. The third-order valence-corrected chi connectivity index (χ3v) is 10.5. The van der Waals surface area contributed by atoms with Gasteiger partial charge in [-0.2, -0.15) is 0 Å². The fourth-order valence-corrected chi connectivity index (χ4v) is 7.61. The van der Waals surface area contributed by atoms with Crippen molar-refractivity contribution in [3.63, 3.8) is 0 Å². The lowest BCUT2D eigenvalue weighted by molar-refractivity contribution is 0.0696. The minimum Gasteiger partial charge on any atom is -0.494 e. The van der Waals surface area contributed by atoms with Gasteiger partial charge in [-0.05, 0) is 80.3 Å². The van der Waals surface area contributed by atoms with Gasteiger partial charge in [0, 0.05) is 31.8 Å². The maximum atomic E-state index is 6.12. The van der Waals surface area contributed by atoms with E-state index in [9.17, 15) is 0 Å². The first-order valence-corrected chi connectivity index (χ1v) is 17.4. The van der Waals surface area contributed by atoms with Crippen molar-refractivity contribution in [3.8, 4) is 17.2 Å². The van der Waals surface area contributed by atoms with Crippen LogP contribution < -0.4 is 14.2 Å². The number of hydrogen-bond acceptors (Lipinski definition) is 8. The zero-order valence-electron chi connectivity index (χ0n) is 25.5. The number of rotatable bonds is 20. The second-order valence-corrected chi connectivity index (χ2v) is 13.3. The summed E-state index contributed by atoms with van der Waals surface area (Å²) in [6.07, 6.45) is 1.24. The van der Waals surface area contributed by atoms with Gasteiger partial charge in [-0.1, -0.05) is 36.4 Å². The summed E-state index contributed by atoms with van der Waals surface area (Å²) in [4.78, 5) is 0. The van der Waals surface area contributed by atoms with Crippen LogP contribution in [0.15, 0.2) is 72.8 Å². The molecule has 3 aromatic rings. The first kappa shape index (κ1) is 31.5. The number of ether oxygens (including phenoxy) is 5. The van der Waals surface area contributed by atoms with Gasteiger partial charge in [0.15, 0.2) is 0 Å². The summed E-state index contributed by atoms with van der Waals surface area (Å²) in [5.74, 6) is 2.55. The summed E-state index contributed by atoms with van der Waals surface area (Å²) < 4.78 is 46.3. The Labute approximate surface area is 256 Å². The molecule has 0 radical (unpaired) electrons. The summed E-state index contributed by atoms with van der Waals surface area (Å²) in [6.45, 7) is 11.0. The molecule has 232 valence electrons. The summed E-state index contributed by atoms with van der Waals surface area (Å²) in [7, 11) is -2.67. The van der Waals surface area contributed by atoms with Gasteiger partial charge in [0.2, 0.25) is 0 Å². The highest BCUT2D eigenvalue weighted by atomic mass is 28.4. The Bertz CT molecular complexity index is 1150. The van der Waals surface area contributed by atoms with Crippen LogP contribution in [0.25, 0.3) is 0 Å². The van der Waals surface area contributed by atoms with E-state index < -0.39 is 8.80 Å². The van der Waals surface area contributed by atoms with Gasteiger partial charge < -0.3 is 37.0 Å². The Morgan fingerprint density at radius 2 is 0.977 bits per heavy atom. The fourth-order valence-electron chi connectivity index (χ4n) is 5.03. The Kier molecular flexibility index (Phi) is 11.5. The predicted octanol–water partition coefficient (Wildman–Crippen LogP) is 6.24. The van der Waals surface area contributed by atoms with E-state index in [1.54, 1.807) is 0 Å². The molecular weight excluding hydrogens is 564 g/mol. The van der Waals surface area contributed by atoms with E-state index in [0.717, 1.165) is 42.9 Å². The van der Waals surface area contributed by atoms with Crippen molar-refractivity contribution in [1.29, 1.82) is 0 Å². The van der Waals surface area contributed by atoms with Crippen LogP contribution in [0, 0.1) is 0 Å². The molecule has 0 saturated carbocycles. The Morgan fingerprint density at radius 3 is 1.33 bits per heavy atom. The summed E-state index contributed by atoms with van der Waals surface area (Å²) >= 11 is 0. The van der Waals surface area contributed by atoms with E-state index in [1.807, 2.05) is 57.2 Å². The molecule has 2 aliphatic rings. The maximum Gasteiger partial charge on any atom is 0.501 e. The molecule has 8 nitrogen and oxygen atoms in total. The Morgan fingerprint density at radius 1 is 0.605 bits per heavy atom. The lowest BCUT2D eigenvalue weighted by Gasteiger charge is -2.28. The van der Waals surface area contributed by atoms with Gasteiger partial charge in [0.05, 0.1) is 19.8 Å². The predicted molar refractivity (Wildman–Crippen MR) is 166 cm³/mol. The molecule has 2 saturated heterocycles. The van der Waals surface area contributed by atoms with Crippen LogP contribution in [-0.4, -0.2) is 73.9 Å². The van der Waals surface area contributed by atoms with Gasteiger partial charge in [-0.15, -0.1) is 0 Å². The van der Waals surface area contributed by atoms with Crippen molar-refractivity contribution in [2.24, 2.45) is 0 Å². The van der Waals surface area contributed by atoms with Crippen LogP contribution >= 0.6 is 0 Å². The van der Waals surface area contributed by atoms with Gasteiger partial charge in [0.25, 0.3) is 0 Å². The average Bonchev–Trinajstić information content (AvgIpc) is 3.96. The van der Waals surface area contributed by atoms with E-state index in [1.165, 1.54) is 16.7 Å². The molecule has 5 rings (SSSR count). The second-order valence-electron chi connectivity index (χ2n) is 10.6. The smallest absolute Gasteiger partial charge is 0.494 e. The molecule has 2 aliphatic heterocycles. The molecule has 0 aliphatic carbocycles. The molecule has 43 heavy (non-hydrogen) atoms. The molecule has 2 unspecified atom stereocenters. The van der Waals surface area contributed by atoms with Crippen molar-refractivity contribution >= 4 is 8.80 Å². The standard InChI is InChI=1S/C34H44O8Si/c1-4-40-43(41-5-2,42-6-3)21-7-20-35-29-14-8-26(9-15-29)34(27-10-16-30(17-11-27)36-22-32-24-38-32)28-12-18-31(19-13-28)37-23-33-25-39-33/h8-19,32-34H,4-7,20-25H2,1-3H3. The molecule has 2 heterocycles. The lowest BCUT2D eigenvalue weighted by Crippen LogP contribution is -2.46. The minimum absolute atomic E-state index is 0.0332. The van der Waals surface area contributed by atoms with Crippen LogP contribution in [0.3, 0.4) is 0 Å². The second kappa shape index (κ2) is 15.7. The highest BCUT2D eigenvalue weighted by Gasteiger charge is 2.39. The zero-order chi connectivity index (χ0) is 29.9. The van der Waals surface area contributed by atoms with Crippen molar-refractivity contribution in [1.82, 2.24) is 0 Å². The summed E-state index contributed by atoms with van der Waals surface area (Å²) in [5.41, 5.74) is 3.52. The van der Waals surface area contributed by atoms with E-state index >= 15 is 0 Å². The van der Waals surface area contributed by atoms with E-state index in [0.29, 0.717) is 39.6 Å². The van der Waals surface area contributed by atoms with Crippen molar-refractivity contribution in [2.75, 3.05) is 52.9 Å². The molecule has 3 aromatic carbocycles.